The average Bonchev–Trinajstić information content (AvgIpc) is 2.06. The van der Waals surface area contributed by atoms with Crippen LogP contribution in [0.3, 0.4) is 0 Å². The van der Waals surface area contributed by atoms with E-state index in [0.717, 1.165) is 0 Å². The van der Waals surface area contributed by atoms with Crippen LogP contribution in [0.15, 0.2) is 36.9 Å². The Morgan fingerprint density at radius 1 is 1.23 bits per heavy atom. The molecule has 0 heterocycles. The molecular weight excluding hydrogens is 158 g/mol. The van der Waals surface area contributed by atoms with Crippen molar-refractivity contribution < 1.29 is 0 Å². The highest BCUT2D eigenvalue weighted by molar-refractivity contribution is 5.51. The first kappa shape index (κ1) is 11.8. The minimum Gasteiger partial charge on any atom is -0.377 e. The van der Waals surface area contributed by atoms with Crippen molar-refractivity contribution >= 4 is 5.69 Å². The highest BCUT2D eigenvalue weighted by Gasteiger charge is 1.95. The van der Waals surface area contributed by atoms with Gasteiger partial charge in [-0.25, -0.2) is 0 Å². The summed E-state index contributed by atoms with van der Waals surface area (Å²) < 4.78 is 0. The lowest BCUT2D eigenvalue weighted by atomic mass is 10.2. The molecule has 1 aromatic carbocycles. The zero-order chi connectivity index (χ0) is 10.3. The van der Waals surface area contributed by atoms with Crippen molar-refractivity contribution in [1.29, 1.82) is 0 Å². The van der Waals surface area contributed by atoms with Gasteiger partial charge >= 0.3 is 0 Å². The lowest BCUT2D eigenvalue weighted by molar-refractivity contribution is 1.11. The van der Waals surface area contributed by atoms with Crippen LogP contribution in [0.5, 0.6) is 0 Å². The Labute approximate surface area is 81.7 Å². The van der Waals surface area contributed by atoms with Crippen molar-refractivity contribution in [3.8, 4) is 0 Å². The SMILES string of the molecule is C=CC.Cc1ccccc1N(C)C. The number of rotatable bonds is 1. The van der Waals surface area contributed by atoms with Gasteiger partial charge in [0.2, 0.25) is 0 Å². The van der Waals surface area contributed by atoms with Crippen LogP contribution in [0.1, 0.15) is 12.5 Å². The quantitative estimate of drug-likeness (QED) is 0.595. The normalized spacial score (nSPS) is 8.31. The first-order chi connectivity index (χ1) is 6.13. The molecule has 0 fully saturated rings. The van der Waals surface area contributed by atoms with Crippen molar-refractivity contribution in [3.05, 3.63) is 42.5 Å². The number of hydrogen-bond acceptors (Lipinski definition) is 1. The van der Waals surface area contributed by atoms with Crippen LogP contribution in [0, 0.1) is 6.92 Å². The van der Waals surface area contributed by atoms with Crippen LogP contribution in [0.4, 0.5) is 5.69 Å². The van der Waals surface area contributed by atoms with Crippen molar-refractivity contribution in [2.24, 2.45) is 0 Å². The molecule has 0 aliphatic heterocycles. The van der Waals surface area contributed by atoms with Crippen LogP contribution in [0.25, 0.3) is 0 Å². The second-order valence-electron chi connectivity index (χ2n) is 3.09. The van der Waals surface area contributed by atoms with Crippen molar-refractivity contribution in [3.63, 3.8) is 0 Å². The van der Waals surface area contributed by atoms with Crippen LogP contribution < -0.4 is 4.90 Å². The maximum atomic E-state index is 3.36. The number of allylic oxidation sites excluding steroid dienone is 1. The third-order valence-electron chi connectivity index (χ3n) is 1.60. The fraction of sp³-hybridized carbons (Fsp3) is 0.333. The molecule has 1 rings (SSSR count). The van der Waals surface area contributed by atoms with Gasteiger partial charge in [0.05, 0.1) is 0 Å². The molecule has 1 aromatic rings. The number of hydrogen-bond donors (Lipinski definition) is 0. The molecule has 0 atom stereocenters. The molecule has 0 radical (unpaired) electrons. The van der Waals surface area contributed by atoms with Crippen LogP contribution in [0.2, 0.25) is 0 Å². The van der Waals surface area contributed by atoms with E-state index >= 15 is 0 Å². The zero-order valence-corrected chi connectivity index (χ0v) is 9.04. The number of aryl methyl sites for hydroxylation is 1. The predicted molar refractivity (Wildman–Crippen MR) is 61.4 cm³/mol. The van der Waals surface area contributed by atoms with Gasteiger partial charge in [-0.3, -0.25) is 0 Å². The molecule has 0 N–H and O–H groups in total. The van der Waals surface area contributed by atoms with Crippen molar-refractivity contribution in [2.45, 2.75) is 13.8 Å². The Morgan fingerprint density at radius 2 is 1.69 bits per heavy atom. The minimum atomic E-state index is 1.29. The molecule has 0 unspecified atom stereocenters. The fourth-order valence-corrected chi connectivity index (χ4v) is 1.07. The van der Waals surface area contributed by atoms with Crippen LogP contribution in [-0.2, 0) is 0 Å². The van der Waals surface area contributed by atoms with Crippen LogP contribution in [-0.4, -0.2) is 14.1 Å². The summed E-state index contributed by atoms with van der Waals surface area (Å²) in [6, 6.07) is 8.36. The predicted octanol–water partition coefficient (Wildman–Crippen LogP) is 3.25. The molecule has 1 heteroatoms. The molecule has 0 aromatic heterocycles. The van der Waals surface area contributed by atoms with Gasteiger partial charge in [-0.05, 0) is 25.5 Å². The zero-order valence-electron chi connectivity index (χ0n) is 9.04. The summed E-state index contributed by atoms with van der Waals surface area (Å²) in [6.45, 7) is 7.37. The van der Waals surface area contributed by atoms with E-state index in [1.54, 1.807) is 6.08 Å². The molecule has 13 heavy (non-hydrogen) atoms. The van der Waals surface area contributed by atoms with Gasteiger partial charge in [0, 0.05) is 19.8 Å². The third kappa shape index (κ3) is 4.36. The highest BCUT2D eigenvalue weighted by atomic mass is 15.1. The molecule has 0 bridgehead atoms. The van der Waals surface area contributed by atoms with E-state index in [1.165, 1.54) is 11.3 Å². The number of benzene rings is 1. The Balaban J connectivity index is 0.000000424. The van der Waals surface area contributed by atoms with Gasteiger partial charge in [-0.2, -0.15) is 0 Å². The number of nitrogens with zero attached hydrogens (tertiary/aromatic N) is 1. The summed E-state index contributed by atoms with van der Waals surface area (Å²) in [7, 11) is 4.12. The summed E-state index contributed by atoms with van der Waals surface area (Å²) in [5, 5.41) is 0. The standard InChI is InChI=1S/C9H13N.C3H6/c1-8-6-4-5-7-9(8)10(2)3;1-3-2/h4-7H,1-3H3;3H,1H2,2H3. The van der Waals surface area contributed by atoms with E-state index in [0.29, 0.717) is 0 Å². The summed E-state index contributed by atoms with van der Waals surface area (Å²) in [5.74, 6) is 0. The smallest absolute Gasteiger partial charge is 0.0390 e. The van der Waals surface area contributed by atoms with Gasteiger partial charge in [0.25, 0.3) is 0 Å². The molecule has 0 aliphatic rings. The van der Waals surface area contributed by atoms with E-state index in [2.05, 4.69) is 56.8 Å². The molecular formula is C12H19N. The first-order valence-electron chi connectivity index (χ1n) is 4.43. The Bertz CT molecular complexity index is 251. The monoisotopic (exact) mass is 177 g/mol. The Morgan fingerprint density at radius 3 is 2.00 bits per heavy atom. The molecule has 72 valence electrons. The summed E-state index contributed by atoms with van der Waals surface area (Å²) in [4.78, 5) is 2.12. The maximum Gasteiger partial charge on any atom is 0.0390 e. The highest BCUT2D eigenvalue weighted by Crippen LogP contribution is 2.15. The van der Waals surface area contributed by atoms with Gasteiger partial charge < -0.3 is 4.90 Å². The number of anilines is 1. The fourth-order valence-electron chi connectivity index (χ4n) is 1.07. The topological polar surface area (TPSA) is 3.24 Å². The van der Waals surface area contributed by atoms with E-state index in [4.69, 9.17) is 0 Å². The Hall–Kier alpha value is -1.24. The molecule has 0 spiro atoms. The van der Waals surface area contributed by atoms with Gasteiger partial charge in [-0.15, -0.1) is 6.58 Å². The lowest BCUT2D eigenvalue weighted by Gasteiger charge is -2.14. The summed E-state index contributed by atoms with van der Waals surface area (Å²) in [5.41, 5.74) is 2.62. The van der Waals surface area contributed by atoms with E-state index in [1.807, 2.05) is 6.92 Å². The van der Waals surface area contributed by atoms with Crippen molar-refractivity contribution in [2.75, 3.05) is 19.0 Å². The van der Waals surface area contributed by atoms with E-state index in [9.17, 15) is 0 Å². The average molecular weight is 177 g/mol. The van der Waals surface area contributed by atoms with Gasteiger partial charge in [0.1, 0.15) is 0 Å². The molecule has 0 saturated carbocycles. The molecule has 1 nitrogen and oxygen atoms in total. The van der Waals surface area contributed by atoms with Gasteiger partial charge in [0.15, 0.2) is 0 Å². The van der Waals surface area contributed by atoms with E-state index < -0.39 is 0 Å². The molecule has 0 amide bonds. The van der Waals surface area contributed by atoms with Gasteiger partial charge in [-0.1, -0.05) is 24.3 Å². The summed E-state index contributed by atoms with van der Waals surface area (Å²) in [6.07, 6.45) is 1.75. The van der Waals surface area contributed by atoms with E-state index in [-0.39, 0.29) is 0 Å². The molecule has 0 aliphatic carbocycles. The molecule has 0 saturated heterocycles. The second kappa shape index (κ2) is 6.30. The largest absolute Gasteiger partial charge is 0.377 e. The summed E-state index contributed by atoms with van der Waals surface area (Å²) >= 11 is 0. The third-order valence-corrected chi connectivity index (χ3v) is 1.60. The van der Waals surface area contributed by atoms with Crippen LogP contribution >= 0.6 is 0 Å². The minimum absolute atomic E-state index is 1.29. The number of para-hydroxylation sites is 1. The van der Waals surface area contributed by atoms with Crippen molar-refractivity contribution in [1.82, 2.24) is 0 Å². The lowest BCUT2D eigenvalue weighted by Crippen LogP contribution is -2.09. The maximum absolute atomic E-state index is 3.36. The first-order valence-corrected chi connectivity index (χ1v) is 4.43. The Kier molecular flexibility index (Phi) is 5.69. The second-order valence-corrected chi connectivity index (χ2v) is 3.09.